The predicted octanol–water partition coefficient (Wildman–Crippen LogP) is -0.358. The summed E-state index contributed by atoms with van der Waals surface area (Å²) in [7, 11) is 0. The molecule has 0 amide bonds. The molecule has 0 saturated heterocycles. The third-order valence-corrected chi connectivity index (χ3v) is 0.833. The molecular formula is C3H3F3N4O. The van der Waals surface area contributed by atoms with Crippen LogP contribution >= 0.6 is 0 Å². The van der Waals surface area contributed by atoms with E-state index in [-0.39, 0.29) is 0 Å². The second-order valence-corrected chi connectivity index (χ2v) is 1.62. The Morgan fingerprint density at radius 2 is 2.09 bits per heavy atom. The fraction of sp³-hybridized carbons (Fsp3) is 0.667. The Labute approximate surface area is 58.4 Å². The summed E-state index contributed by atoms with van der Waals surface area (Å²) >= 11 is 0. The molecular weight excluding hydrogens is 165 g/mol. The minimum Gasteiger partial charge on any atom is -0.373 e. The van der Waals surface area contributed by atoms with E-state index in [9.17, 15) is 13.2 Å². The highest BCUT2D eigenvalue weighted by molar-refractivity contribution is 4.82. The summed E-state index contributed by atoms with van der Waals surface area (Å²) in [4.78, 5) is 0.433. The van der Waals surface area contributed by atoms with Crippen molar-refractivity contribution in [3.63, 3.8) is 0 Å². The van der Waals surface area contributed by atoms with E-state index in [0.29, 0.717) is 4.80 Å². The predicted molar refractivity (Wildman–Crippen MR) is 25.0 cm³/mol. The summed E-state index contributed by atoms with van der Waals surface area (Å²) in [5, 5.41) is 16.6. The molecule has 62 valence electrons. The number of tetrazole rings is 1. The van der Waals surface area contributed by atoms with Crippen LogP contribution in [-0.2, 0) is 12.9 Å². The Bertz CT molecular complexity index is 243. The zero-order valence-electron chi connectivity index (χ0n) is 5.08. The number of rotatable bonds is 1. The van der Waals surface area contributed by atoms with Crippen LogP contribution in [0.1, 0.15) is 5.82 Å². The van der Waals surface area contributed by atoms with Crippen LogP contribution in [0, 0.1) is 0 Å². The Balaban J connectivity index is 2.89. The first-order valence-corrected chi connectivity index (χ1v) is 2.50. The maximum atomic E-state index is 11.7. The fourth-order valence-corrected chi connectivity index (χ4v) is 0.417. The summed E-state index contributed by atoms with van der Waals surface area (Å²) in [6, 6.07) is 0. The number of alkyl halides is 3. The minimum atomic E-state index is -4.60. The normalized spacial score (nSPS) is 12.0. The van der Waals surface area contributed by atoms with Crippen molar-refractivity contribution in [1.82, 2.24) is 20.2 Å². The van der Waals surface area contributed by atoms with Gasteiger partial charge < -0.3 is 5.11 Å². The number of aliphatic hydroxyl groups excluding tert-OH is 1. The minimum absolute atomic E-state index is 0.433. The molecule has 1 N–H and O–H groups in total. The molecule has 0 bridgehead atoms. The van der Waals surface area contributed by atoms with Crippen molar-refractivity contribution in [2.24, 2.45) is 0 Å². The van der Waals surface area contributed by atoms with Gasteiger partial charge in [0.15, 0.2) is 6.73 Å². The monoisotopic (exact) mass is 168 g/mol. The van der Waals surface area contributed by atoms with E-state index in [1.165, 1.54) is 0 Å². The topological polar surface area (TPSA) is 63.8 Å². The van der Waals surface area contributed by atoms with Crippen molar-refractivity contribution in [2.45, 2.75) is 12.9 Å². The molecule has 0 aliphatic rings. The molecule has 1 heterocycles. The van der Waals surface area contributed by atoms with Crippen LogP contribution in [-0.4, -0.2) is 25.3 Å². The van der Waals surface area contributed by atoms with Gasteiger partial charge in [0.25, 0.3) is 5.82 Å². The third kappa shape index (κ3) is 1.64. The molecule has 0 radical (unpaired) electrons. The molecule has 1 aromatic heterocycles. The number of hydrogen-bond acceptors (Lipinski definition) is 4. The van der Waals surface area contributed by atoms with Crippen molar-refractivity contribution in [2.75, 3.05) is 0 Å². The van der Waals surface area contributed by atoms with E-state index in [0.717, 1.165) is 0 Å². The molecule has 0 unspecified atom stereocenters. The molecule has 0 fully saturated rings. The van der Waals surface area contributed by atoms with Crippen LogP contribution in [0.5, 0.6) is 0 Å². The van der Waals surface area contributed by atoms with Crippen molar-refractivity contribution in [3.05, 3.63) is 5.82 Å². The first-order valence-electron chi connectivity index (χ1n) is 2.50. The summed E-state index contributed by atoms with van der Waals surface area (Å²) in [5.74, 6) is -1.36. The van der Waals surface area contributed by atoms with Crippen molar-refractivity contribution in [3.8, 4) is 0 Å². The summed E-state index contributed by atoms with van der Waals surface area (Å²) in [6.07, 6.45) is -4.60. The van der Waals surface area contributed by atoms with E-state index in [1.807, 2.05) is 0 Å². The fourth-order valence-electron chi connectivity index (χ4n) is 0.417. The van der Waals surface area contributed by atoms with Gasteiger partial charge in [-0.3, -0.25) is 0 Å². The average Bonchev–Trinajstić information content (AvgIpc) is 2.32. The zero-order valence-corrected chi connectivity index (χ0v) is 5.08. The summed E-state index contributed by atoms with van der Waals surface area (Å²) in [5.41, 5.74) is 0. The average molecular weight is 168 g/mol. The van der Waals surface area contributed by atoms with E-state index < -0.39 is 18.7 Å². The largest absolute Gasteiger partial charge is 0.455 e. The highest BCUT2D eigenvalue weighted by Crippen LogP contribution is 2.24. The number of aliphatic hydroxyl groups is 1. The Morgan fingerprint density at radius 1 is 1.45 bits per heavy atom. The number of nitrogens with zero attached hydrogens (tertiary/aromatic N) is 4. The number of aromatic nitrogens is 4. The molecule has 0 aromatic carbocycles. The van der Waals surface area contributed by atoms with Gasteiger partial charge in [0.1, 0.15) is 0 Å². The molecule has 0 spiro atoms. The van der Waals surface area contributed by atoms with Crippen LogP contribution in [0.3, 0.4) is 0 Å². The van der Waals surface area contributed by atoms with Crippen molar-refractivity contribution in [1.29, 1.82) is 0 Å². The van der Waals surface area contributed by atoms with Crippen LogP contribution in [0.25, 0.3) is 0 Å². The lowest BCUT2D eigenvalue weighted by Gasteiger charge is -1.96. The molecule has 0 aliphatic heterocycles. The van der Waals surface area contributed by atoms with Crippen molar-refractivity contribution < 1.29 is 18.3 Å². The van der Waals surface area contributed by atoms with Gasteiger partial charge in [-0.1, -0.05) is 0 Å². The maximum absolute atomic E-state index is 11.7. The third-order valence-electron chi connectivity index (χ3n) is 0.833. The molecule has 0 atom stereocenters. The molecule has 5 nitrogen and oxygen atoms in total. The van der Waals surface area contributed by atoms with Gasteiger partial charge in [0.2, 0.25) is 0 Å². The second kappa shape index (κ2) is 2.46. The van der Waals surface area contributed by atoms with E-state index in [4.69, 9.17) is 5.11 Å². The lowest BCUT2D eigenvalue weighted by Crippen LogP contribution is -2.09. The lowest BCUT2D eigenvalue weighted by molar-refractivity contribution is -0.145. The van der Waals surface area contributed by atoms with Crippen LogP contribution in [0.2, 0.25) is 0 Å². The van der Waals surface area contributed by atoms with E-state index in [1.54, 1.807) is 0 Å². The molecule has 1 rings (SSSR count). The van der Waals surface area contributed by atoms with Crippen LogP contribution in [0.15, 0.2) is 0 Å². The quantitative estimate of drug-likeness (QED) is 0.622. The van der Waals surface area contributed by atoms with E-state index >= 15 is 0 Å². The van der Waals surface area contributed by atoms with Crippen LogP contribution < -0.4 is 0 Å². The number of hydrogen-bond donors (Lipinski definition) is 1. The lowest BCUT2D eigenvalue weighted by atomic mass is 10.6. The Kier molecular flexibility index (Phi) is 1.77. The highest BCUT2D eigenvalue weighted by Gasteiger charge is 2.36. The van der Waals surface area contributed by atoms with Crippen molar-refractivity contribution >= 4 is 0 Å². The molecule has 8 heteroatoms. The van der Waals surface area contributed by atoms with Gasteiger partial charge in [-0.15, -0.1) is 15.0 Å². The Morgan fingerprint density at radius 3 is 2.36 bits per heavy atom. The second-order valence-electron chi connectivity index (χ2n) is 1.62. The maximum Gasteiger partial charge on any atom is 0.455 e. The SMILES string of the molecule is OCn1nnc(C(F)(F)F)n1. The molecule has 11 heavy (non-hydrogen) atoms. The van der Waals surface area contributed by atoms with Gasteiger partial charge in [0.05, 0.1) is 0 Å². The molecule has 1 aromatic rings. The molecule has 0 aliphatic carbocycles. The Hall–Kier alpha value is -1.18. The summed E-state index contributed by atoms with van der Waals surface area (Å²) in [6.45, 7) is -0.719. The van der Waals surface area contributed by atoms with Gasteiger partial charge in [-0.05, 0) is 5.21 Å². The van der Waals surface area contributed by atoms with Gasteiger partial charge in [-0.2, -0.15) is 13.2 Å². The summed E-state index contributed by atoms with van der Waals surface area (Å²) < 4.78 is 35.0. The number of halogens is 3. The van der Waals surface area contributed by atoms with E-state index in [2.05, 4.69) is 15.4 Å². The van der Waals surface area contributed by atoms with Gasteiger partial charge in [0, 0.05) is 0 Å². The smallest absolute Gasteiger partial charge is 0.373 e. The highest BCUT2D eigenvalue weighted by atomic mass is 19.4. The first-order chi connectivity index (χ1) is 5.04. The zero-order chi connectivity index (χ0) is 8.48. The van der Waals surface area contributed by atoms with Gasteiger partial charge >= 0.3 is 6.18 Å². The standard InChI is InChI=1S/C3H3F3N4O/c4-3(5,6)2-7-9-10(1-11)8-2/h11H,1H2. The first kappa shape index (κ1) is 7.92. The van der Waals surface area contributed by atoms with Crippen LogP contribution in [0.4, 0.5) is 13.2 Å². The molecule has 0 saturated carbocycles. The van der Waals surface area contributed by atoms with Gasteiger partial charge in [-0.25, -0.2) is 0 Å².